The number of carboxylic acid groups (broad SMARTS) is 1. The first-order valence-corrected chi connectivity index (χ1v) is 23.4. The number of quaternary nitrogens is 1. The summed E-state index contributed by atoms with van der Waals surface area (Å²) in [4.78, 5) is 20.1. The van der Waals surface area contributed by atoms with Crippen LogP contribution in [0.1, 0.15) is 124 Å². The van der Waals surface area contributed by atoms with Crippen molar-refractivity contribution in [2.75, 3.05) is 71.7 Å². The predicted molar refractivity (Wildman–Crippen MR) is 226 cm³/mol. The Labute approximate surface area is 330 Å². The molecule has 0 aliphatic carbocycles. The second-order valence-corrected chi connectivity index (χ2v) is 23.5. The van der Waals surface area contributed by atoms with Gasteiger partial charge in [0.1, 0.15) is 12.4 Å². The van der Waals surface area contributed by atoms with Gasteiger partial charge in [0.2, 0.25) is 0 Å². The molecule has 2 aromatic rings. The molecule has 0 saturated heterocycles. The van der Waals surface area contributed by atoms with E-state index in [2.05, 4.69) is 118 Å². The van der Waals surface area contributed by atoms with Crippen molar-refractivity contribution in [3.63, 3.8) is 0 Å². The zero-order chi connectivity index (χ0) is 40.6. The van der Waals surface area contributed by atoms with Crippen LogP contribution in [0.2, 0.25) is 0 Å². The summed E-state index contributed by atoms with van der Waals surface area (Å²) in [5.41, 5.74) is 3.05. The number of nitrogens with zero attached hydrogens (tertiary/aromatic N) is 1. The molecule has 0 heterocycles. The molecule has 0 aromatic heterocycles. The summed E-state index contributed by atoms with van der Waals surface area (Å²) in [6.45, 7) is 20.4. The monoisotopic (exact) mass is 776 g/mol. The fourth-order valence-electron chi connectivity index (χ4n) is 7.81. The van der Waals surface area contributed by atoms with E-state index in [-0.39, 0.29) is 10.8 Å². The minimum atomic E-state index is -2.55. The molecule has 2 aromatic carbocycles. The summed E-state index contributed by atoms with van der Waals surface area (Å²) in [6, 6.07) is 17.1. The molecule has 54 heavy (non-hydrogen) atoms. The Balaban J connectivity index is 0.00000469. The van der Waals surface area contributed by atoms with Crippen molar-refractivity contribution >= 4 is 19.8 Å². The Kier molecular flexibility index (Phi) is 22.6. The zero-order valence-electron chi connectivity index (χ0n) is 36.0. The molecule has 2 rings (SSSR count). The van der Waals surface area contributed by atoms with Gasteiger partial charge in [0.15, 0.2) is 0 Å². The van der Waals surface area contributed by atoms with Crippen molar-refractivity contribution in [1.82, 2.24) is 0 Å². The first-order valence-electron chi connectivity index (χ1n) is 20.6. The molecular weight excluding hydrogens is 697 g/mol. The summed E-state index contributed by atoms with van der Waals surface area (Å²) < 4.78 is 25.3. The molecule has 0 N–H and O–H groups in total. The Hall–Kier alpha value is -2.67. The maximum Gasteiger partial charge on any atom is 0.0275 e. The van der Waals surface area contributed by atoms with Crippen LogP contribution in [0.5, 0.6) is 11.5 Å². The van der Waals surface area contributed by atoms with E-state index in [1.165, 1.54) is 11.1 Å². The number of rotatable bonds is 28. The van der Waals surface area contributed by atoms with Crippen LogP contribution in [-0.2, 0) is 30.8 Å². The van der Waals surface area contributed by atoms with Crippen LogP contribution in [0.25, 0.3) is 0 Å². The van der Waals surface area contributed by atoms with Gasteiger partial charge in [-0.1, -0.05) is 46.8 Å². The molecule has 0 atom stereocenters. The Morgan fingerprint density at radius 2 is 1.15 bits per heavy atom. The molecule has 0 fully saturated rings. The van der Waals surface area contributed by atoms with Crippen LogP contribution in [0.4, 0.5) is 0 Å². The van der Waals surface area contributed by atoms with Gasteiger partial charge in [-0.15, -0.1) is 0 Å². The van der Waals surface area contributed by atoms with Crippen LogP contribution < -0.4 is 14.6 Å². The van der Waals surface area contributed by atoms with E-state index in [1.807, 2.05) is 0 Å². The van der Waals surface area contributed by atoms with Gasteiger partial charge in [-0.25, -0.2) is 0 Å². The van der Waals surface area contributed by atoms with Crippen LogP contribution in [0.3, 0.4) is 0 Å². The Morgan fingerprint density at radius 3 is 1.63 bits per heavy atom. The summed E-state index contributed by atoms with van der Waals surface area (Å²) >= 11 is 0. The third-order valence-corrected chi connectivity index (χ3v) is 16.9. The van der Waals surface area contributed by atoms with E-state index in [4.69, 9.17) is 28.6 Å². The average Bonchev–Trinajstić information content (AvgIpc) is 3.11. The topological polar surface area (TPSA) is 94.1 Å². The molecule has 9 heteroatoms. The molecule has 0 aliphatic heterocycles. The standard InChI is InChI=1S/C44H77NO5P.CH2O2/c1-11-14-32-51(50-38-46,33-15-12-2,34-16-13-3)35-18-17-28-48-41-23-19-39(20-24-41)36-45(9,10)27-29-47-30-31-49-42-25-21-40(22-26-42)44(7,8)37-43(4,5)6;2-1-3/h19-26,38H,11-18,27-37H2,1-10H3;1H,(H,2,3)/q+1;/p-1. The van der Waals surface area contributed by atoms with Gasteiger partial charge in [-0.3, -0.25) is 0 Å². The van der Waals surface area contributed by atoms with E-state index in [0.717, 1.165) is 118 Å². The van der Waals surface area contributed by atoms with Gasteiger partial charge in [-0.2, -0.15) is 0 Å². The molecule has 0 unspecified atom stereocenters. The van der Waals surface area contributed by atoms with E-state index in [9.17, 15) is 4.79 Å². The predicted octanol–water partition coefficient (Wildman–Crippen LogP) is 9.64. The second kappa shape index (κ2) is 24.8. The maximum absolute atomic E-state index is 11.9. The third-order valence-electron chi connectivity index (χ3n) is 10.4. The SMILES string of the molecule is CCCCP(CCCC)(CCCC)(CCCCOc1ccc(C[N+](C)(C)CCOCCOc2ccc(C(C)(C)CC(C)(C)C)cc2)cc1)OC=O.O=C[O-]. The first-order chi connectivity index (χ1) is 25.5. The van der Waals surface area contributed by atoms with Gasteiger partial charge >= 0.3 is 198 Å². The van der Waals surface area contributed by atoms with Crippen molar-refractivity contribution in [3.05, 3.63) is 59.7 Å². The van der Waals surface area contributed by atoms with Crippen LogP contribution in [0, 0.1) is 5.41 Å². The van der Waals surface area contributed by atoms with E-state index in [1.54, 1.807) is 0 Å². The number of likely N-dealkylation sites (N-methyl/N-ethyl adjacent to an activating group) is 1. The number of carbonyl (C=O) groups is 2. The number of hydrogen-bond donors (Lipinski definition) is 0. The summed E-state index contributed by atoms with van der Waals surface area (Å²) in [7, 11) is 4.50. The normalized spacial score (nSPS) is 12.9. The maximum atomic E-state index is 11.9. The fraction of sp³-hybridized carbons (Fsp3) is 0.689. The first kappa shape index (κ1) is 49.3. The van der Waals surface area contributed by atoms with Crippen molar-refractivity contribution < 1.29 is 37.9 Å². The minimum absolute atomic E-state index is 0.130. The zero-order valence-corrected chi connectivity index (χ0v) is 36.9. The molecule has 8 nitrogen and oxygen atoms in total. The van der Waals surface area contributed by atoms with Crippen molar-refractivity contribution in [2.45, 2.75) is 125 Å². The van der Waals surface area contributed by atoms with Crippen LogP contribution in [0.15, 0.2) is 48.5 Å². The van der Waals surface area contributed by atoms with Gasteiger partial charge in [0.05, 0.1) is 13.2 Å². The third kappa shape index (κ3) is 19.3. The van der Waals surface area contributed by atoms with Crippen LogP contribution >= 0.6 is 6.83 Å². The number of hydrogen-bond acceptors (Lipinski definition) is 7. The smallest absolute Gasteiger partial charge is 0.0275 e. The molecular formula is C45H78NO7P. The molecule has 310 valence electrons. The van der Waals surface area contributed by atoms with Crippen molar-refractivity contribution in [3.8, 4) is 11.5 Å². The van der Waals surface area contributed by atoms with Crippen LogP contribution in [-0.4, -0.2) is 89.1 Å². The molecule has 0 bridgehead atoms. The minimum Gasteiger partial charge on any atom is -0.554 e. The van der Waals surface area contributed by atoms with Gasteiger partial charge < -0.3 is 19.4 Å². The molecule has 0 aliphatic rings. The summed E-state index contributed by atoms with van der Waals surface area (Å²) in [5, 5.41) is 8.25. The Morgan fingerprint density at radius 1 is 0.667 bits per heavy atom. The molecule has 0 radical (unpaired) electrons. The van der Waals surface area contributed by atoms with E-state index >= 15 is 0 Å². The van der Waals surface area contributed by atoms with Gasteiger partial charge in [-0.05, 0) is 34.9 Å². The largest absolute Gasteiger partial charge is 0.554 e. The van der Waals surface area contributed by atoms with E-state index in [0.29, 0.717) is 26.4 Å². The molecule has 0 amide bonds. The number of benzene rings is 2. The van der Waals surface area contributed by atoms with E-state index < -0.39 is 13.3 Å². The molecule has 0 spiro atoms. The number of ether oxygens (including phenoxy) is 3. The van der Waals surface area contributed by atoms with Gasteiger partial charge in [0.25, 0.3) is 0 Å². The summed E-state index contributed by atoms with van der Waals surface area (Å²) in [5.74, 6) is 1.81. The number of unbranched alkanes of at least 4 members (excludes halogenated alkanes) is 4. The number of carbonyl (C=O) groups excluding carboxylic acids is 2. The van der Waals surface area contributed by atoms with Gasteiger partial charge in [0, 0.05) is 6.47 Å². The second-order valence-electron chi connectivity index (χ2n) is 17.7. The Bertz CT molecular complexity index is 1260. The summed E-state index contributed by atoms with van der Waals surface area (Å²) in [6.07, 6.45) is 14.3. The van der Waals surface area contributed by atoms with Crippen molar-refractivity contribution in [2.24, 2.45) is 5.41 Å². The quantitative estimate of drug-likeness (QED) is 0.0368. The van der Waals surface area contributed by atoms with Crippen molar-refractivity contribution in [1.29, 1.82) is 0 Å². The fourth-order valence-corrected chi connectivity index (χ4v) is 14.2. The average molecular weight is 776 g/mol. The molecule has 0 saturated carbocycles.